The lowest BCUT2D eigenvalue weighted by Gasteiger charge is -2.07. The minimum absolute atomic E-state index is 0.0269. The second-order valence-electron chi connectivity index (χ2n) is 6.29. The van der Waals surface area contributed by atoms with E-state index in [0.29, 0.717) is 23.6 Å². The van der Waals surface area contributed by atoms with E-state index in [-0.39, 0.29) is 11.4 Å². The van der Waals surface area contributed by atoms with Crippen LogP contribution in [0.2, 0.25) is 0 Å². The number of H-pyrrole nitrogens is 1. The lowest BCUT2D eigenvalue weighted by molar-refractivity contribution is 0.0950. The normalized spacial score (nSPS) is 11.0. The maximum absolute atomic E-state index is 12.3. The number of nitrogens with zero attached hydrogens (tertiary/aromatic N) is 2. The lowest BCUT2D eigenvalue weighted by Crippen LogP contribution is -2.18. The standard InChI is InChI=1S/C21H22N4O3/c1-4-28-19-7-5-6-16(20(19)26)12-22-25-21(27)18-11-17(23-24-18)15-9-8-13(2)14(3)10-15/h5-12,26H,4H2,1-3H3,(H,23,24)(H,25,27). The minimum Gasteiger partial charge on any atom is -0.504 e. The first-order valence-electron chi connectivity index (χ1n) is 8.90. The molecule has 3 rings (SSSR count). The van der Waals surface area contributed by atoms with E-state index >= 15 is 0 Å². The molecule has 7 nitrogen and oxygen atoms in total. The van der Waals surface area contributed by atoms with Crippen LogP contribution in [-0.2, 0) is 0 Å². The van der Waals surface area contributed by atoms with Crippen molar-refractivity contribution in [2.45, 2.75) is 20.8 Å². The summed E-state index contributed by atoms with van der Waals surface area (Å²) in [6, 6.07) is 12.7. The van der Waals surface area contributed by atoms with E-state index in [1.807, 2.05) is 39.0 Å². The van der Waals surface area contributed by atoms with Crippen molar-refractivity contribution >= 4 is 12.1 Å². The summed E-state index contributed by atoms with van der Waals surface area (Å²) in [4.78, 5) is 12.3. The molecule has 1 aromatic heterocycles. The van der Waals surface area contributed by atoms with Crippen molar-refractivity contribution < 1.29 is 14.6 Å². The van der Waals surface area contributed by atoms with E-state index in [1.165, 1.54) is 11.8 Å². The molecule has 1 heterocycles. The Bertz CT molecular complexity index is 1020. The molecule has 0 aliphatic carbocycles. The molecular weight excluding hydrogens is 356 g/mol. The molecule has 0 aliphatic rings. The molecule has 0 saturated heterocycles. The summed E-state index contributed by atoms with van der Waals surface area (Å²) in [6.07, 6.45) is 1.36. The van der Waals surface area contributed by atoms with E-state index < -0.39 is 5.91 Å². The Kier molecular flexibility index (Phi) is 5.74. The molecule has 1 amide bonds. The zero-order valence-corrected chi connectivity index (χ0v) is 16.0. The number of hydrazone groups is 1. The highest BCUT2D eigenvalue weighted by molar-refractivity contribution is 5.94. The van der Waals surface area contributed by atoms with Gasteiger partial charge in [-0.1, -0.05) is 18.2 Å². The van der Waals surface area contributed by atoms with Gasteiger partial charge in [0.25, 0.3) is 5.91 Å². The van der Waals surface area contributed by atoms with Crippen LogP contribution in [0, 0.1) is 13.8 Å². The molecule has 0 atom stereocenters. The van der Waals surface area contributed by atoms with Gasteiger partial charge in [0.2, 0.25) is 0 Å². The number of aryl methyl sites for hydroxylation is 2. The number of para-hydroxylation sites is 1. The SMILES string of the molecule is CCOc1cccc(C=NNC(=O)c2cc(-c3ccc(C)c(C)c3)n[nH]2)c1O. The third-order valence-electron chi connectivity index (χ3n) is 4.32. The number of hydrogen-bond donors (Lipinski definition) is 3. The molecule has 0 fully saturated rings. The monoisotopic (exact) mass is 378 g/mol. The van der Waals surface area contributed by atoms with Gasteiger partial charge in [0, 0.05) is 11.1 Å². The molecule has 2 aromatic carbocycles. The van der Waals surface area contributed by atoms with Crippen LogP contribution in [0.25, 0.3) is 11.3 Å². The van der Waals surface area contributed by atoms with Crippen LogP contribution in [0.3, 0.4) is 0 Å². The van der Waals surface area contributed by atoms with Gasteiger partial charge in [-0.05, 0) is 56.2 Å². The number of carbonyl (C=O) groups is 1. The Morgan fingerprint density at radius 2 is 2.07 bits per heavy atom. The Morgan fingerprint density at radius 3 is 2.82 bits per heavy atom. The molecule has 0 radical (unpaired) electrons. The summed E-state index contributed by atoms with van der Waals surface area (Å²) in [5.41, 5.74) is 7.11. The molecule has 0 unspecified atom stereocenters. The van der Waals surface area contributed by atoms with Gasteiger partial charge < -0.3 is 9.84 Å². The number of aromatic hydroxyl groups is 1. The summed E-state index contributed by atoms with van der Waals surface area (Å²) >= 11 is 0. The first-order chi connectivity index (χ1) is 13.5. The number of hydrogen-bond acceptors (Lipinski definition) is 5. The maximum Gasteiger partial charge on any atom is 0.289 e. The van der Waals surface area contributed by atoms with Crippen molar-refractivity contribution in [3.63, 3.8) is 0 Å². The number of carbonyl (C=O) groups excluding carboxylic acids is 1. The third-order valence-corrected chi connectivity index (χ3v) is 4.32. The fraction of sp³-hybridized carbons (Fsp3) is 0.190. The highest BCUT2D eigenvalue weighted by Crippen LogP contribution is 2.28. The Hall–Kier alpha value is -3.61. The number of phenolic OH excluding ortho intramolecular Hbond substituents is 1. The number of ether oxygens (including phenoxy) is 1. The van der Waals surface area contributed by atoms with E-state index in [4.69, 9.17) is 4.74 Å². The highest BCUT2D eigenvalue weighted by Gasteiger charge is 2.11. The summed E-state index contributed by atoms with van der Waals surface area (Å²) < 4.78 is 5.32. The smallest absolute Gasteiger partial charge is 0.289 e. The van der Waals surface area contributed by atoms with Gasteiger partial charge in [0.1, 0.15) is 5.69 Å². The van der Waals surface area contributed by atoms with Crippen LogP contribution in [0.5, 0.6) is 11.5 Å². The van der Waals surface area contributed by atoms with Crippen LogP contribution in [0.15, 0.2) is 47.6 Å². The highest BCUT2D eigenvalue weighted by atomic mass is 16.5. The van der Waals surface area contributed by atoms with E-state index in [1.54, 1.807) is 24.3 Å². The number of rotatable bonds is 6. The predicted molar refractivity (Wildman–Crippen MR) is 108 cm³/mol. The van der Waals surface area contributed by atoms with Crippen molar-refractivity contribution in [3.8, 4) is 22.8 Å². The maximum atomic E-state index is 12.3. The van der Waals surface area contributed by atoms with Gasteiger partial charge >= 0.3 is 0 Å². The summed E-state index contributed by atoms with van der Waals surface area (Å²) in [7, 11) is 0. The number of benzene rings is 2. The topological polar surface area (TPSA) is 99.6 Å². The molecule has 3 aromatic rings. The molecule has 3 N–H and O–H groups in total. The van der Waals surface area contributed by atoms with Gasteiger partial charge in [-0.25, -0.2) is 5.43 Å². The van der Waals surface area contributed by atoms with Crippen molar-refractivity contribution in [1.29, 1.82) is 0 Å². The van der Waals surface area contributed by atoms with E-state index in [2.05, 4.69) is 20.7 Å². The average molecular weight is 378 g/mol. The van der Waals surface area contributed by atoms with Crippen LogP contribution in [0.4, 0.5) is 0 Å². The van der Waals surface area contributed by atoms with Gasteiger partial charge in [0.05, 0.1) is 18.5 Å². The first kappa shape index (κ1) is 19.2. The van der Waals surface area contributed by atoms with Gasteiger partial charge in [-0.3, -0.25) is 9.89 Å². The van der Waals surface area contributed by atoms with E-state index in [0.717, 1.165) is 11.1 Å². The fourth-order valence-electron chi connectivity index (χ4n) is 2.62. The van der Waals surface area contributed by atoms with Crippen LogP contribution in [-0.4, -0.2) is 34.0 Å². The molecule has 7 heteroatoms. The van der Waals surface area contributed by atoms with Gasteiger partial charge in [-0.2, -0.15) is 10.2 Å². The van der Waals surface area contributed by atoms with Crippen molar-refractivity contribution in [2.75, 3.05) is 6.61 Å². The molecule has 144 valence electrons. The zero-order valence-electron chi connectivity index (χ0n) is 16.0. The molecule has 0 saturated carbocycles. The molecule has 0 bridgehead atoms. The quantitative estimate of drug-likeness (QED) is 0.451. The first-order valence-corrected chi connectivity index (χ1v) is 8.90. The minimum atomic E-state index is -0.431. The zero-order chi connectivity index (χ0) is 20.1. The number of aromatic nitrogens is 2. The van der Waals surface area contributed by atoms with Crippen molar-refractivity contribution in [1.82, 2.24) is 15.6 Å². The van der Waals surface area contributed by atoms with Gasteiger partial charge in [-0.15, -0.1) is 0 Å². The van der Waals surface area contributed by atoms with Crippen molar-refractivity contribution in [2.24, 2.45) is 5.10 Å². The molecular formula is C21H22N4O3. The lowest BCUT2D eigenvalue weighted by atomic mass is 10.0. The summed E-state index contributed by atoms with van der Waals surface area (Å²) in [5.74, 6) is -0.0930. The summed E-state index contributed by atoms with van der Waals surface area (Å²) in [5, 5.41) is 20.9. The average Bonchev–Trinajstić information content (AvgIpc) is 3.17. The van der Waals surface area contributed by atoms with Crippen LogP contribution >= 0.6 is 0 Å². The van der Waals surface area contributed by atoms with E-state index in [9.17, 15) is 9.90 Å². The number of aromatic amines is 1. The fourth-order valence-corrected chi connectivity index (χ4v) is 2.62. The Labute approximate surface area is 163 Å². The number of phenols is 1. The molecule has 28 heavy (non-hydrogen) atoms. The molecule has 0 aliphatic heterocycles. The number of amides is 1. The van der Waals surface area contributed by atoms with Gasteiger partial charge in [0.15, 0.2) is 11.5 Å². The third kappa shape index (κ3) is 4.20. The van der Waals surface area contributed by atoms with Crippen LogP contribution < -0.4 is 10.2 Å². The predicted octanol–water partition coefficient (Wildman–Crippen LogP) is 3.56. The summed E-state index contributed by atoms with van der Waals surface area (Å²) in [6.45, 7) is 6.34. The van der Waals surface area contributed by atoms with Crippen molar-refractivity contribution in [3.05, 3.63) is 64.8 Å². The Morgan fingerprint density at radius 1 is 1.25 bits per heavy atom. The number of nitrogens with one attached hydrogen (secondary N) is 2. The second-order valence-corrected chi connectivity index (χ2v) is 6.29. The van der Waals surface area contributed by atoms with Crippen LogP contribution in [0.1, 0.15) is 34.1 Å². The molecule has 0 spiro atoms. The largest absolute Gasteiger partial charge is 0.504 e. The second kappa shape index (κ2) is 8.39. The Balaban J connectivity index is 1.69.